The van der Waals surface area contributed by atoms with Crippen molar-refractivity contribution in [3.05, 3.63) is 41.7 Å². The molecule has 0 saturated carbocycles. The molecule has 3 aromatic rings. The SMILES string of the molecule is CCN(C(=O)NC1CN(CCCO)CC1C(F)(F)F)[C@H](C)c1cc(-c2cn3ccnc3c(Cl)n2)c(OC)cn1. The van der Waals surface area contributed by atoms with Crippen LogP contribution in [0.15, 0.2) is 30.9 Å². The zero-order chi connectivity index (χ0) is 28.3. The number of aliphatic hydroxyl groups excluding tert-OH is 1. The van der Waals surface area contributed by atoms with Crippen LogP contribution in [0, 0.1) is 5.92 Å². The van der Waals surface area contributed by atoms with Crippen LogP contribution in [0.2, 0.25) is 5.15 Å². The van der Waals surface area contributed by atoms with Gasteiger partial charge in [0.25, 0.3) is 0 Å². The summed E-state index contributed by atoms with van der Waals surface area (Å²) >= 11 is 6.32. The number of carbonyl (C=O) groups is 1. The maximum absolute atomic E-state index is 13.8. The predicted molar refractivity (Wildman–Crippen MR) is 139 cm³/mol. The van der Waals surface area contributed by atoms with Crippen LogP contribution < -0.4 is 10.1 Å². The summed E-state index contributed by atoms with van der Waals surface area (Å²) in [4.78, 5) is 29.4. The molecule has 0 aliphatic carbocycles. The number of methoxy groups -OCH3 is 1. The fraction of sp³-hybridized carbons (Fsp3) is 0.520. The molecule has 4 rings (SSSR count). The number of carbonyl (C=O) groups excluding carboxylic acids is 1. The number of hydrogen-bond donors (Lipinski definition) is 2. The Morgan fingerprint density at radius 1 is 1.36 bits per heavy atom. The first kappa shape index (κ1) is 28.8. The number of aromatic nitrogens is 4. The van der Waals surface area contributed by atoms with Crippen LogP contribution in [0.1, 0.15) is 32.0 Å². The van der Waals surface area contributed by atoms with E-state index in [4.69, 9.17) is 21.4 Å². The van der Waals surface area contributed by atoms with E-state index in [1.54, 1.807) is 47.8 Å². The number of alkyl halides is 3. The first-order chi connectivity index (χ1) is 18.6. The maximum Gasteiger partial charge on any atom is 0.395 e. The van der Waals surface area contributed by atoms with Gasteiger partial charge in [0.15, 0.2) is 10.8 Å². The van der Waals surface area contributed by atoms with Crippen molar-refractivity contribution in [3.63, 3.8) is 0 Å². The van der Waals surface area contributed by atoms with E-state index >= 15 is 0 Å². The van der Waals surface area contributed by atoms with Crippen LogP contribution in [-0.2, 0) is 0 Å². The highest BCUT2D eigenvalue weighted by atomic mass is 35.5. The molecule has 10 nitrogen and oxygen atoms in total. The normalized spacial score (nSPS) is 18.9. The van der Waals surface area contributed by atoms with Crippen molar-refractivity contribution in [3.8, 4) is 17.0 Å². The molecule has 3 atom stereocenters. The van der Waals surface area contributed by atoms with E-state index in [1.807, 2.05) is 0 Å². The molecular formula is C25H31ClF3N7O3. The van der Waals surface area contributed by atoms with Crippen molar-refractivity contribution < 1.29 is 27.8 Å². The molecule has 1 fully saturated rings. The fourth-order valence-electron chi connectivity index (χ4n) is 4.91. The van der Waals surface area contributed by atoms with Gasteiger partial charge in [0, 0.05) is 56.9 Å². The molecule has 0 radical (unpaired) electrons. The van der Waals surface area contributed by atoms with Crippen molar-refractivity contribution in [2.24, 2.45) is 5.92 Å². The molecule has 0 bridgehead atoms. The minimum absolute atomic E-state index is 0.0515. The van der Waals surface area contributed by atoms with Gasteiger partial charge in [-0.2, -0.15) is 13.2 Å². The molecular weight excluding hydrogens is 539 g/mol. The number of ether oxygens (including phenoxy) is 1. The Hall–Kier alpha value is -3.16. The molecule has 0 aromatic carbocycles. The standard InChI is InChI=1S/C25H31ClF3N7O3/c1-4-36(24(38)33-20-13-34(7-5-9-37)12-17(20)25(27,28)29)15(2)18-10-16(21(39-3)11-31-18)19-14-35-8-6-30-23(35)22(26)32-19/h6,8,10-11,14-15,17,20,37H,4-5,7,9,12-13H2,1-3H3,(H,33,38)/t15-,17?,20?/m1/s1. The number of pyridine rings is 1. The van der Waals surface area contributed by atoms with Gasteiger partial charge < -0.3 is 29.4 Å². The average Bonchev–Trinajstić information content (AvgIpc) is 3.54. The monoisotopic (exact) mass is 569 g/mol. The van der Waals surface area contributed by atoms with Crippen LogP contribution >= 0.6 is 11.6 Å². The number of aliphatic hydroxyl groups is 1. The van der Waals surface area contributed by atoms with Gasteiger partial charge >= 0.3 is 12.2 Å². The number of imidazole rings is 1. The minimum Gasteiger partial charge on any atom is -0.494 e. The molecule has 4 heterocycles. The Kier molecular flexibility index (Phi) is 8.82. The Balaban J connectivity index is 1.57. The van der Waals surface area contributed by atoms with E-state index in [0.717, 1.165) is 0 Å². The molecule has 2 amide bonds. The summed E-state index contributed by atoms with van der Waals surface area (Å²) < 4.78 is 48.5. The number of halogens is 4. The third-order valence-electron chi connectivity index (χ3n) is 6.97. The molecule has 39 heavy (non-hydrogen) atoms. The van der Waals surface area contributed by atoms with Gasteiger partial charge in [-0.15, -0.1) is 0 Å². The number of fused-ring (bicyclic) bond motifs is 1. The van der Waals surface area contributed by atoms with Gasteiger partial charge in [-0.3, -0.25) is 4.98 Å². The van der Waals surface area contributed by atoms with Crippen molar-refractivity contribution in [1.82, 2.24) is 34.5 Å². The summed E-state index contributed by atoms with van der Waals surface area (Å²) in [6.07, 6.45) is 2.48. The van der Waals surface area contributed by atoms with E-state index < -0.39 is 30.2 Å². The van der Waals surface area contributed by atoms with Crippen LogP contribution in [0.3, 0.4) is 0 Å². The van der Waals surface area contributed by atoms with Crippen molar-refractivity contribution >= 4 is 23.3 Å². The van der Waals surface area contributed by atoms with Crippen LogP contribution in [0.5, 0.6) is 5.75 Å². The highest BCUT2D eigenvalue weighted by Gasteiger charge is 2.50. The topological polar surface area (TPSA) is 108 Å². The summed E-state index contributed by atoms with van der Waals surface area (Å²) in [5.41, 5.74) is 2.06. The highest BCUT2D eigenvalue weighted by molar-refractivity contribution is 6.32. The van der Waals surface area contributed by atoms with Gasteiger partial charge in [-0.1, -0.05) is 11.6 Å². The molecule has 1 saturated heterocycles. The van der Waals surface area contributed by atoms with Gasteiger partial charge in [-0.05, 0) is 26.3 Å². The minimum atomic E-state index is -4.47. The van der Waals surface area contributed by atoms with E-state index in [1.165, 1.54) is 18.2 Å². The lowest BCUT2D eigenvalue weighted by Crippen LogP contribution is -2.51. The van der Waals surface area contributed by atoms with Gasteiger partial charge in [-0.25, -0.2) is 14.8 Å². The van der Waals surface area contributed by atoms with Gasteiger partial charge in [0.05, 0.1) is 42.7 Å². The summed E-state index contributed by atoms with van der Waals surface area (Å²) in [5.74, 6) is -1.27. The van der Waals surface area contributed by atoms with Gasteiger partial charge in [0.1, 0.15) is 5.75 Å². The van der Waals surface area contributed by atoms with Crippen molar-refractivity contribution in [2.75, 3.05) is 39.9 Å². The van der Waals surface area contributed by atoms with Crippen molar-refractivity contribution in [2.45, 2.75) is 38.5 Å². The number of nitrogens with one attached hydrogen (secondary N) is 1. The number of rotatable bonds is 9. The molecule has 3 aromatic heterocycles. The highest BCUT2D eigenvalue weighted by Crippen LogP contribution is 2.35. The second-order valence-electron chi connectivity index (χ2n) is 9.39. The molecule has 1 aliphatic rings. The zero-order valence-corrected chi connectivity index (χ0v) is 22.6. The number of hydrogen-bond acceptors (Lipinski definition) is 7. The zero-order valence-electron chi connectivity index (χ0n) is 21.8. The second kappa shape index (κ2) is 11.9. The Morgan fingerprint density at radius 2 is 2.13 bits per heavy atom. The predicted octanol–water partition coefficient (Wildman–Crippen LogP) is 3.79. The van der Waals surface area contributed by atoms with Crippen LogP contribution in [0.25, 0.3) is 16.9 Å². The summed E-state index contributed by atoms with van der Waals surface area (Å²) in [7, 11) is 1.50. The average molecular weight is 570 g/mol. The van der Waals surface area contributed by atoms with Crippen LogP contribution in [0.4, 0.5) is 18.0 Å². The van der Waals surface area contributed by atoms with E-state index in [-0.39, 0.29) is 31.4 Å². The second-order valence-corrected chi connectivity index (χ2v) is 9.75. The first-order valence-corrected chi connectivity index (χ1v) is 13.0. The Morgan fingerprint density at radius 3 is 2.79 bits per heavy atom. The molecule has 212 valence electrons. The molecule has 14 heteroatoms. The maximum atomic E-state index is 13.8. The Labute approximate surface area is 228 Å². The summed E-state index contributed by atoms with van der Waals surface area (Å²) in [5, 5.41) is 11.9. The Bertz CT molecular complexity index is 1310. The van der Waals surface area contributed by atoms with E-state index in [0.29, 0.717) is 41.3 Å². The number of amides is 2. The lowest BCUT2D eigenvalue weighted by atomic mass is 10.0. The van der Waals surface area contributed by atoms with E-state index in [2.05, 4.69) is 20.3 Å². The number of urea groups is 1. The number of likely N-dealkylation sites (tertiary alicyclic amines) is 1. The third-order valence-corrected chi connectivity index (χ3v) is 7.23. The third kappa shape index (κ3) is 6.20. The summed E-state index contributed by atoms with van der Waals surface area (Å²) in [6.45, 7) is 3.78. The van der Waals surface area contributed by atoms with Crippen LogP contribution in [-0.4, -0.2) is 92.4 Å². The molecule has 0 spiro atoms. The van der Waals surface area contributed by atoms with Crippen molar-refractivity contribution in [1.29, 1.82) is 0 Å². The first-order valence-electron chi connectivity index (χ1n) is 12.6. The quantitative estimate of drug-likeness (QED) is 0.404. The number of nitrogens with zero attached hydrogens (tertiary/aromatic N) is 6. The molecule has 2 N–H and O–H groups in total. The lowest BCUT2D eigenvalue weighted by molar-refractivity contribution is -0.174. The smallest absolute Gasteiger partial charge is 0.395 e. The largest absolute Gasteiger partial charge is 0.494 e. The molecule has 2 unspecified atom stereocenters. The van der Waals surface area contributed by atoms with E-state index in [9.17, 15) is 18.0 Å². The fourth-order valence-corrected chi connectivity index (χ4v) is 5.15. The van der Waals surface area contributed by atoms with Gasteiger partial charge in [0.2, 0.25) is 0 Å². The molecule has 1 aliphatic heterocycles. The summed E-state index contributed by atoms with van der Waals surface area (Å²) in [6, 6.07) is -0.576. The lowest BCUT2D eigenvalue weighted by Gasteiger charge is -2.31.